The molecule has 1 aliphatic carbocycles. The molecule has 0 atom stereocenters. The van der Waals surface area contributed by atoms with E-state index in [2.05, 4.69) is 34.6 Å². The first-order valence-electron chi connectivity index (χ1n) is 13.8. The molecule has 8 heteroatoms. The number of ether oxygens (including phenoxy) is 1. The Morgan fingerprint density at radius 1 is 0.951 bits per heavy atom. The molecule has 2 heterocycles. The van der Waals surface area contributed by atoms with Gasteiger partial charge in [0.25, 0.3) is 0 Å². The van der Waals surface area contributed by atoms with Gasteiger partial charge in [-0.15, -0.1) is 0 Å². The second-order valence-corrected chi connectivity index (χ2v) is 11.9. The van der Waals surface area contributed by atoms with Crippen LogP contribution in [0, 0.1) is 0 Å². The maximum atomic E-state index is 13.0. The molecule has 208 valence electrons. The van der Waals surface area contributed by atoms with Crippen LogP contribution in [0.1, 0.15) is 50.3 Å². The number of carbonyl (C=O) groups excluding carboxylic acids is 1. The Bertz CT molecular complexity index is 1610. The summed E-state index contributed by atoms with van der Waals surface area (Å²) < 4.78 is 18.4. The minimum absolute atomic E-state index is 0.0197. The van der Waals surface area contributed by atoms with Gasteiger partial charge in [0.05, 0.1) is 16.7 Å². The minimum atomic E-state index is -0.684. The molecule has 41 heavy (non-hydrogen) atoms. The van der Waals surface area contributed by atoms with Crippen LogP contribution in [0.15, 0.2) is 84.3 Å². The number of nitrogens with zero attached hydrogens (tertiary/aromatic N) is 1. The third-order valence-corrected chi connectivity index (χ3v) is 8.68. The van der Waals surface area contributed by atoms with Crippen LogP contribution < -0.4 is 5.32 Å². The zero-order valence-electron chi connectivity index (χ0n) is 23.6. The molecule has 3 aromatic carbocycles. The standard InChI is InChI=1S/C33H32BClN2O4/c1-32(2)33(3,4)41-34(40-32)23(18-22-17-21-11-5-10-16-29(21)37-30(22)35)19-36-31(38)39-20-28-26-14-8-6-12-24(26)25-13-7-9-15-27(25)28/h5-18,28H,19-20H2,1-4H3,(H,36,38). The predicted molar refractivity (Wildman–Crippen MR) is 164 cm³/mol. The molecule has 0 spiro atoms. The van der Waals surface area contributed by atoms with Crippen molar-refractivity contribution in [3.63, 3.8) is 0 Å². The van der Waals surface area contributed by atoms with E-state index in [1.54, 1.807) is 0 Å². The number of rotatable bonds is 6. The zero-order chi connectivity index (χ0) is 28.8. The van der Waals surface area contributed by atoms with Crippen molar-refractivity contribution in [3.8, 4) is 11.1 Å². The Labute approximate surface area is 245 Å². The van der Waals surface area contributed by atoms with E-state index in [0.29, 0.717) is 16.2 Å². The molecule has 0 saturated carbocycles. The van der Waals surface area contributed by atoms with Gasteiger partial charge < -0.3 is 19.4 Å². The van der Waals surface area contributed by atoms with Gasteiger partial charge in [-0.3, -0.25) is 0 Å². The highest BCUT2D eigenvalue weighted by molar-refractivity contribution is 6.56. The maximum Gasteiger partial charge on any atom is 0.492 e. The van der Waals surface area contributed by atoms with Gasteiger partial charge >= 0.3 is 13.2 Å². The molecule has 0 radical (unpaired) electrons. The molecule has 1 saturated heterocycles. The Morgan fingerprint density at radius 2 is 1.54 bits per heavy atom. The van der Waals surface area contributed by atoms with Gasteiger partial charge in [0, 0.05) is 23.4 Å². The fourth-order valence-corrected chi connectivity index (χ4v) is 5.63. The van der Waals surface area contributed by atoms with Crippen molar-refractivity contribution in [2.45, 2.75) is 44.8 Å². The summed E-state index contributed by atoms with van der Waals surface area (Å²) in [5, 5.41) is 4.23. The smallest absolute Gasteiger partial charge is 0.449 e. The van der Waals surface area contributed by atoms with Crippen LogP contribution in [0.5, 0.6) is 0 Å². The van der Waals surface area contributed by atoms with E-state index in [0.717, 1.165) is 22.0 Å². The van der Waals surface area contributed by atoms with E-state index < -0.39 is 24.4 Å². The number of benzene rings is 3. The van der Waals surface area contributed by atoms with Crippen molar-refractivity contribution in [1.82, 2.24) is 10.3 Å². The van der Waals surface area contributed by atoms with Crippen LogP contribution in [0.3, 0.4) is 0 Å². The SMILES string of the molecule is CC1(C)OB(C(=Cc2cc3ccccc3nc2Cl)CNC(=O)OCC2c3ccccc3-c3ccccc32)OC1(C)C. The van der Waals surface area contributed by atoms with E-state index in [1.807, 2.05) is 88.4 Å². The lowest BCUT2D eigenvalue weighted by Gasteiger charge is -2.32. The first-order valence-corrected chi connectivity index (χ1v) is 14.2. The molecule has 1 amide bonds. The number of amides is 1. The number of para-hydroxylation sites is 1. The molecule has 2 aliphatic rings. The molecular weight excluding hydrogens is 535 g/mol. The number of aromatic nitrogens is 1. The lowest BCUT2D eigenvalue weighted by molar-refractivity contribution is 0.00578. The third-order valence-electron chi connectivity index (χ3n) is 8.38. The van der Waals surface area contributed by atoms with Gasteiger partial charge in [0.15, 0.2) is 0 Å². The van der Waals surface area contributed by atoms with Gasteiger partial charge in [-0.25, -0.2) is 9.78 Å². The lowest BCUT2D eigenvalue weighted by atomic mass is 9.77. The highest BCUT2D eigenvalue weighted by Gasteiger charge is 2.52. The van der Waals surface area contributed by atoms with Crippen LogP contribution in [0.25, 0.3) is 28.1 Å². The molecule has 1 fully saturated rings. The number of fused-ring (bicyclic) bond motifs is 4. The van der Waals surface area contributed by atoms with Crippen LogP contribution in [-0.2, 0) is 14.0 Å². The summed E-state index contributed by atoms with van der Waals surface area (Å²) in [6.07, 6.45) is 1.37. The Kier molecular flexibility index (Phi) is 7.14. The topological polar surface area (TPSA) is 69.7 Å². The number of alkyl carbamates (subject to hydrolysis) is 1. The highest BCUT2D eigenvalue weighted by Crippen LogP contribution is 2.44. The summed E-state index contributed by atoms with van der Waals surface area (Å²) in [6, 6.07) is 26.3. The van der Waals surface area contributed by atoms with Crippen molar-refractivity contribution >= 4 is 41.8 Å². The number of carbonyl (C=O) groups is 1. The second-order valence-electron chi connectivity index (χ2n) is 11.5. The molecule has 4 aromatic rings. The molecule has 1 aromatic heterocycles. The van der Waals surface area contributed by atoms with Gasteiger partial charge in [-0.2, -0.15) is 0 Å². The Balaban J connectivity index is 1.21. The monoisotopic (exact) mass is 566 g/mol. The Hall–Kier alpha value is -3.65. The summed E-state index contributed by atoms with van der Waals surface area (Å²) in [6.45, 7) is 8.36. The second kappa shape index (κ2) is 10.6. The van der Waals surface area contributed by atoms with Gasteiger partial charge in [0.2, 0.25) is 0 Å². The molecule has 1 N–H and O–H groups in total. The average molecular weight is 567 g/mol. The third kappa shape index (κ3) is 5.26. The van der Waals surface area contributed by atoms with Crippen molar-refractivity contribution < 1.29 is 18.8 Å². The van der Waals surface area contributed by atoms with E-state index in [-0.39, 0.29) is 19.1 Å². The van der Waals surface area contributed by atoms with Gasteiger partial charge in [-0.05, 0) is 67.6 Å². The average Bonchev–Trinajstić information content (AvgIpc) is 3.38. The molecule has 0 unspecified atom stereocenters. The van der Waals surface area contributed by atoms with E-state index in [1.165, 1.54) is 11.1 Å². The van der Waals surface area contributed by atoms with Crippen LogP contribution >= 0.6 is 11.6 Å². The van der Waals surface area contributed by atoms with Gasteiger partial charge in [0.1, 0.15) is 11.8 Å². The summed E-state index contributed by atoms with van der Waals surface area (Å²) in [7, 11) is -0.684. The van der Waals surface area contributed by atoms with Gasteiger partial charge in [-0.1, -0.05) is 84.4 Å². The summed E-state index contributed by atoms with van der Waals surface area (Å²) >= 11 is 6.58. The van der Waals surface area contributed by atoms with Crippen LogP contribution in [0.2, 0.25) is 5.15 Å². The van der Waals surface area contributed by atoms with Crippen LogP contribution in [0.4, 0.5) is 4.79 Å². The molecular formula is C33H32BClN2O4. The maximum absolute atomic E-state index is 13.0. The summed E-state index contributed by atoms with van der Waals surface area (Å²) in [5.74, 6) is -0.0197. The molecule has 6 nitrogen and oxygen atoms in total. The molecule has 6 rings (SSSR count). The van der Waals surface area contributed by atoms with Crippen molar-refractivity contribution in [3.05, 3.63) is 106 Å². The largest absolute Gasteiger partial charge is 0.492 e. The van der Waals surface area contributed by atoms with E-state index in [9.17, 15) is 4.79 Å². The molecule has 1 aliphatic heterocycles. The normalized spacial score (nSPS) is 17.4. The number of pyridine rings is 1. The Morgan fingerprint density at radius 3 is 2.20 bits per heavy atom. The summed E-state index contributed by atoms with van der Waals surface area (Å²) in [4.78, 5) is 17.6. The summed E-state index contributed by atoms with van der Waals surface area (Å²) in [5.41, 5.74) is 5.82. The zero-order valence-corrected chi connectivity index (χ0v) is 24.4. The number of hydrogen-bond acceptors (Lipinski definition) is 5. The van der Waals surface area contributed by atoms with E-state index >= 15 is 0 Å². The van der Waals surface area contributed by atoms with E-state index in [4.69, 9.17) is 25.6 Å². The lowest BCUT2D eigenvalue weighted by Crippen LogP contribution is -2.41. The van der Waals surface area contributed by atoms with Crippen molar-refractivity contribution in [2.24, 2.45) is 0 Å². The van der Waals surface area contributed by atoms with Crippen molar-refractivity contribution in [1.29, 1.82) is 0 Å². The van der Waals surface area contributed by atoms with Crippen LogP contribution in [-0.4, -0.2) is 42.5 Å². The number of nitrogens with one attached hydrogen (secondary N) is 1. The molecule has 0 bridgehead atoms. The number of hydrogen-bond donors (Lipinski definition) is 1. The number of halogens is 1. The fraction of sp³-hybridized carbons (Fsp3) is 0.273. The minimum Gasteiger partial charge on any atom is -0.449 e. The quantitative estimate of drug-likeness (QED) is 0.194. The first kappa shape index (κ1) is 27.5. The highest BCUT2D eigenvalue weighted by atomic mass is 35.5. The first-order chi connectivity index (χ1) is 19.6. The van der Waals surface area contributed by atoms with Crippen molar-refractivity contribution in [2.75, 3.05) is 13.2 Å². The fourth-order valence-electron chi connectivity index (χ4n) is 5.43. The predicted octanol–water partition coefficient (Wildman–Crippen LogP) is 7.44.